The Labute approximate surface area is 176 Å². The Bertz CT molecular complexity index is 1020. The summed E-state index contributed by atoms with van der Waals surface area (Å²) in [5, 5.41) is 3.23. The number of methoxy groups -OCH3 is 1. The number of carbonyl (C=O) groups is 1. The molecule has 1 N–H and O–H groups in total. The predicted molar refractivity (Wildman–Crippen MR) is 114 cm³/mol. The number of benzene rings is 2. The van der Waals surface area contributed by atoms with E-state index >= 15 is 0 Å². The summed E-state index contributed by atoms with van der Waals surface area (Å²) < 4.78 is 32.9. The van der Waals surface area contributed by atoms with Crippen LogP contribution in [0.3, 0.4) is 0 Å². The zero-order valence-corrected chi connectivity index (χ0v) is 18.3. The molecule has 8 heteroatoms. The van der Waals surface area contributed by atoms with E-state index in [-0.39, 0.29) is 12.5 Å². The van der Waals surface area contributed by atoms with Gasteiger partial charge < -0.3 is 10.1 Å². The Balaban J connectivity index is 1.75. The number of nitrogens with zero attached hydrogens (tertiary/aromatic N) is 1. The van der Waals surface area contributed by atoms with Gasteiger partial charge in [-0.05, 0) is 62.1 Å². The molecule has 0 saturated carbocycles. The summed E-state index contributed by atoms with van der Waals surface area (Å²) in [4.78, 5) is 13.1. The van der Waals surface area contributed by atoms with Gasteiger partial charge >= 0.3 is 0 Å². The van der Waals surface area contributed by atoms with Crippen LogP contribution >= 0.6 is 11.6 Å². The molecule has 0 aliphatic carbocycles. The fourth-order valence-corrected chi connectivity index (χ4v) is 5.58. The van der Waals surface area contributed by atoms with Gasteiger partial charge in [-0.15, -0.1) is 0 Å². The summed E-state index contributed by atoms with van der Waals surface area (Å²) in [5.74, 6) is -0.121. The number of hydrogen-bond donors (Lipinski definition) is 1. The lowest BCUT2D eigenvalue weighted by molar-refractivity contribution is -0.120. The average molecular weight is 437 g/mol. The number of amides is 1. The van der Waals surface area contributed by atoms with Gasteiger partial charge in [-0.1, -0.05) is 23.7 Å². The molecule has 0 unspecified atom stereocenters. The highest BCUT2D eigenvalue weighted by Gasteiger charge is 2.34. The smallest absolute Gasteiger partial charge is 0.243 e. The van der Waals surface area contributed by atoms with Crippen LogP contribution in [0.15, 0.2) is 41.3 Å². The number of halogens is 1. The molecule has 0 spiro atoms. The van der Waals surface area contributed by atoms with Crippen LogP contribution in [-0.4, -0.2) is 38.8 Å². The van der Waals surface area contributed by atoms with Crippen molar-refractivity contribution in [3.63, 3.8) is 0 Å². The minimum absolute atomic E-state index is 0.158. The van der Waals surface area contributed by atoms with E-state index in [1.807, 2.05) is 19.1 Å². The molecule has 0 bridgehead atoms. The fourth-order valence-electron chi connectivity index (χ4n) is 3.49. The molecule has 1 heterocycles. The molecule has 0 radical (unpaired) electrons. The zero-order chi connectivity index (χ0) is 21.2. The van der Waals surface area contributed by atoms with Crippen molar-refractivity contribution >= 4 is 33.2 Å². The summed E-state index contributed by atoms with van der Waals surface area (Å²) >= 11 is 6.11. The van der Waals surface area contributed by atoms with Crippen molar-refractivity contribution in [1.82, 2.24) is 4.31 Å². The highest BCUT2D eigenvalue weighted by molar-refractivity contribution is 7.89. The van der Waals surface area contributed by atoms with Crippen LogP contribution in [0.1, 0.15) is 24.0 Å². The average Bonchev–Trinajstić information content (AvgIpc) is 2.70. The number of ether oxygens (including phenoxy) is 1. The van der Waals surface area contributed by atoms with Crippen molar-refractivity contribution in [2.75, 3.05) is 25.5 Å². The maximum Gasteiger partial charge on any atom is 0.243 e. The largest absolute Gasteiger partial charge is 0.495 e. The number of hydrogen-bond acceptors (Lipinski definition) is 4. The van der Waals surface area contributed by atoms with Crippen LogP contribution in [0.4, 0.5) is 5.69 Å². The zero-order valence-electron chi connectivity index (χ0n) is 16.7. The third kappa shape index (κ3) is 4.74. The molecule has 6 nitrogen and oxygen atoms in total. The van der Waals surface area contributed by atoms with Crippen molar-refractivity contribution in [3.05, 3.63) is 52.5 Å². The maximum atomic E-state index is 13.2. The fraction of sp³-hybridized carbons (Fsp3) is 0.381. The first-order chi connectivity index (χ1) is 13.7. The Morgan fingerprint density at radius 2 is 1.97 bits per heavy atom. The molecule has 1 aliphatic heterocycles. The van der Waals surface area contributed by atoms with Gasteiger partial charge in [-0.25, -0.2) is 8.42 Å². The number of sulfonamides is 1. The van der Waals surface area contributed by atoms with E-state index in [9.17, 15) is 13.2 Å². The molecule has 1 atom stereocenters. The van der Waals surface area contributed by atoms with E-state index in [4.69, 9.17) is 16.3 Å². The molecule has 2 aromatic rings. The molecule has 1 amide bonds. The molecule has 3 rings (SSSR count). The van der Waals surface area contributed by atoms with Crippen molar-refractivity contribution in [1.29, 1.82) is 0 Å². The number of anilines is 1. The lowest BCUT2D eigenvalue weighted by Gasteiger charge is -2.31. The summed E-state index contributed by atoms with van der Waals surface area (Å²) in [6.45, 7) is 4.22. The second-order valence-corrected chi connectivity index (χ2v) is 9.62. The molecule has 1 saturated heterocycles. The Hall–Kier alpha value is -2.09. The molecule has 0 aromatic heterocycles. The lowest BCUT2D eigenvalue weighted by atomic mass is 9.98. The number of nitrogens with one attached hydrogen (secondary N) is 1. The molecule has 156 valence electrons. The number of carbonyl (C=O) groups excluding carboxylic acids is 1. The highest BCUT2D eigenvalue weighted by atomic mass is 35.5. The van der Waals surface area contributed by atoms with E-state index in [0.29, 0.717) is 46.3 Å². The van der Waals surface area contributed by atoms with Crippen LogP contribution in [0.25, 0.3) is 0 Å². The lowest BCUT2D eigenvalue weighted by Crippen LogP contribution is -2.43. The van der Waals surface area contributed by atoms with Crippen molar-refractivity contribution < 1.29 is 17.9 Å². The van der Waals surface area contributed by atoms with Crippen molar-refractivity contribution in [2.45, 2.75) is 31.6 Å². The first-order valence-electron chi connectivity index (χ1n) is 9.44. The molecule has 29 heavy (non-hydrogen) atoms. The minimum Gasteiger partial charge on any atom is -0.495 e. The van der Waals surface area contributed by atoms with Gasteiger partial charge in [0, 0.05) is 18.8 Å². The second-order valence-electron chi connectivity index (χ2n) is 7.31. The van der Waals surface area contributed by atoms with Gasteiger partial charge in [0.2, 0.25) is 15.9 Å². The van der Waals surface area contributed by atoms with E-state index in [2.05, 4.69) is 5.32 Å². The number of piperidine rings is 1. The van der Waals surface area contributed by atoms with Crippen LogP contribution in [0.2, 0.25) is 5.02 Å². The SMILES string of the molecule is COc1ccc(NC(=O)[C@@H]2CCCN(S(=O)(=O)c3cc(C)ccc3C)C2)cc1Cl. The van der Waals surface area contributed by atoms with E-state index in [1.54, 1.807) is 31.2 Å². The standard InChI is InChI=1S/C21H25ClN2O4S/c1-14-6-7-15(2)20(11-14)29(26,27)24-10-4-5-16(13-24)21(25)23-17-8-9-19(28-3)18(22)12-17/h6-9,11-12,16H,4-5,10,13H2,1-3H3,(H,23,25)/t16-/m1/s1. The molecule has 2 aromatic carbocycles. The van der Waals surface area contributed by atoms with Crippen LogP contribution in [0.5, 0.6) is 5.75 Å². The quantitative estimate of drug-likeness (QED) is 0.768. The number of rotatable bonds is 5. The Morgan fingerprint density at radius 1 is 1.21 bits per heavy atom. The van der Waals surface area contributed by atoms with E-state index in [1.165, 1.54) is 11.4 Å². The molecule has 1 aliphatic rings. The van der Waals surface area contributed by atoms with E-state index < -0.39 is 15.9 Å². The first kappa shape index (κ1) is 21.6. The van der Waals surface area contributed by atoms with Crippen LogP contribution in [0, 0.1) is 19.8 Å². The number of aryl methyl sites for hydroxylation is 2. The first-order valence-corrected chi connectivity index (χ1v) is 11.3. The summed E-state index contributed by atoms with van der Waals surface area (Å²) in [5.41, 5.74) is 2.14. The third-order valence-electron chi connectivity index (χ3n) is 5.14. The van der Waals surface area contributed by atoms with Crippen molar-refractivity contribution in [3.8, 4) is 5.75 Å². The van der Waals surface area contributed by atoms with E-state index in [0.717, 1.165) is 5.56 Å². The third-order valence-corrected chi connectivity index (χ3v) is 7.44. The highest BCUT2D eigenvalue weighted by Crippen LogP contribution is 2.29. The van der Waals surface area contributed by atoms with Gasteiger partial charge in [0.25, 0.3) is 0 Å². The monoisotopic (exact) mass is 436 g/mol. The van der Waals surface area contributed by atoms with Gasteiger partial charge in [0.05, 0.1) is 22.9 Å². The normalized spacial score (nSPS) is 17.7. The molecular weight excluding hydrogens is 412 g/mol. The van der Waals surface area contributed by atoms with Crippen LogP contribution in [-0.2, 0) is 14.8 Å². The molecule has 1 fully saturated rings. The van der Waals surface area contributed by atoms with Gasteiger partial charge in [0.1, 0.15) is 5.75 Å². The molecular formula is C21H25ClN2O4S. The minimum atomic E-state index is -3.65. The Morgan fingerprint density at radius 3 is 2.66 bits per heavy atom. The Kier molecular flexibility index (Phi) is 6.51. The summed E-state index contributed by atoms with van der Waals surface area (Å²) in [7, 11) is -2.13. The van der Waals surface area contributed by atoms with Gasteiger partial charge in [0.15, 0.2) is 0 Å². The topological polar surface area (TPSA) is 75.7 Å². The van der Waals surface area contributed by atoms with Gasteiger partial charge in [-0.3, -0.25) is 4.79 Å². The summed E-state index contributed by atoms with van der Waals surface area (Å²) in [6.07, 6.45) is 1.26. The van der Waals surface area contributed by atoms with Crippen LogP contribution < -0.4 is 10.1 Å². The predicted octanol–water partition coefficient (Wildman–Crippen LogP) is 4.00. The maximum absolute atomic E-state index is 13.2. The van der Waals surface area contributed by atoms with Crippen molar-refractivity contribution in [2.24, 2.45) is 5.92 Å². The van der Waals surface area contributed by atoms with Gasteiger partial charge in [-0.2, -0.15) is 4.31 Å². The summed E-state index contributed by atoms with van der Waals surface area (Å²) in [6, 6.07) is 10.4. The second kappa shape index (κ2) is 8.73.